The molecule has 0 bridgehead atoms. The van der Waals surface area contributed by atoms with E-state index in [9.17, 15) is 13.6 Å². The van der Waals surface area contributed by atoms with Crippen LogP contribution >= 0.6 is 22.9 Å². The number of Topliss-reactive ketones (excluding diaryl/α,β-unsaturated/α-hetero) is 1. The Morgan fingerprint density at radius 2 is 2.00 bits per heavy atom. The van der Waals surface area contributed by atoms with E-state index in [0.29, 0.717) is 39.9 Å². The lowest BCUT2D eigenvalue weighted by molar-refractivity contribution is -0.286. The predicted molar refractivity (Wildman–Crippen MR) is 133 cm³/mol. The Morgan fingerprint density at radius 1 is 1.22 bits per heavy atom. The van der Waals surface area contributed by atoms with Crippen molar-refractivity contribution < 1.29 is 27.4 Å². The van der Waals surface area contributed by atoms with E-state index < -0.39 is 11.7 Å². The van der Waals surface area contributed by atoms with Crippen molar-refractivity contribution in [2.24, 2.45) is 5.92 Å². The molecule has 2 aliphatic heterocycles. The molecule has 6 rings (SSSR count). The van der Waals surface area contributed by atoms with E-state index in [1.807, 2.05) is 0 Å². The molecule has 2 aromatic carbocycles. The van der Waals surface area contributed by atoms with Crippen molar-refractivity contribution in [3.05, 3.63) is 74.4 Å². The van der Waals surface area contributed by atoms with E-state index >= 15 is 4.39 Å². The molecule has 1 saturated carbocycles. The molecule has 0 amide bonds. The van der Waals surface area contributed by atoms with Crippen molar-refractivity contribution >= 4 is 28.7 Å². The topological polar surface area (TPSA) is 51.7 Å². The number of carbonyl (C=O) groups excluding carboxylic acids is 1. The van der Waals surface area contributed by atoms with Crippen molar-refractivity contribution in [1.82, 2.24) is 9.88 Å². The number of rotatable bonds is 7. The monoisotopic (exact) mass is 548 g/mol. The molecule has 1 aliphatic carbocycles. The van der Waals surface area contributed by atoms with Crippen LogP contribution in [-0.4, -0.2) is 35.1 Å². The summed E-state index contributed by atoms with van der Waals surface area (Å²) in [5.41, 5.74) is 0.436. The highest BCUT2D eigenvalue weighted by molar-refractivity contribution is 7.11. The van der Waals surface area contributed by atoms with Gasteiger partial charge in [-0.2, -0.15) is 0 Å². The summed E-state index contributed by atoms with van der Waals surface area (Å²) in [6.07, 6.45) is 0.430. The molecule has 194 valence electrons. The third-order valence-corrected chi connectivity index (χ3v) is 8.75. The zero-order chi connectivity index (χ0) is 25.9. The molecular formula is C27H24ClF3N2O3S. The molecule has 10 heteroatoms. The Bertz CT molecular complexity index is 1380. The second kappa shape index (κ2) is 8.99. The Morgan fingerprint density at radius 3 is 2.70 bits per heavy atom. The first kappa shape index (κ1) is 24.7. The van der Waals surface area contributed by atoms with Crippen LogP contribution in [0.25, 0.3) is 0 Å². The molecule has 1 saturated heterocycles. The molecule has 3 aromatic rings. The molecule has 0 spiro atoms. The first-order valence-corrected chi connectivity index (χ1v) is 13.4. The highest BCUT2D eigenvalue weighted by atomic mass is 35.5. The molecule has 0 radical (unpaired) electrons. The van der Waals surface area contributed by atoms with Gasteiger partial charge >= 0.3 is 6.29 Å². The highest BCUT2D eigenvalue weighted by Crippen LogP contribution is 2.53. The lowest BCUT2D eigenvalue weighted by Crippen LogP contribution is -2.27. The summed E-state index contributed by atoms with van der Waals surface area (Å²) in [5, 5.41) is 0.984. The number of hydrogen-bond donors (Lipinski definition) is 0. The minimum absolute atomic E-state index is 0.0250. The molecule has 3 heterocycles. The number of alkyl halides is 2. The van der Waals surface area contributed by atoms with Crippen LogP contribution in [0.4, 0.5) is 13.2 Å². The normalized spacial score (nSPS) is 22.2. The number of fused-ring (bicyclic) bond motifs is 1. The van der Waals surface area contributed by atoms with E-state index in [-0.39, 0.29) is 35.6 Å². The fourth-order valence-electron chi connectivity index (χ4n) is 5.40. The van der Waals surface area contributed by atoms with Gasteiger partial charge in [-0.05, 0) is 61.6 Å². The van der Waals surface area contributed by atoms with E-state index in [4.69, 9.17) is 11.6 Å². The molecule has 0 N–H and O–H groups in total. The third-order valence-electron chi connectivity index (χ3n) is 7.47. The third kappa shape index (κ3) is 4.62. The number of ketones is 1. The van der Waals surface area contributed by atoms with Crippen molar-refractivity contribution in [3.63, 3.8) is 0 Å². The van der Waals surface area contributed by atoms with Gasteiger partial charge in [-0.15, -0.1) is 20.1 Å². The molecule has 5 nitrogen and oxygen atoms in total. The molecule has 2 atom stereocenters. The predicted octanol–water partition coefficient (Wildman–Crippen LogP) is 6.53. The van der Waals surface area contributed by atoms with E-state index in [1.54, 1.807) is 24.4 Å². The zero-order valence-corrected chi connectivity index (χ0v) is 21.6. The molecule has 2 fully saturated rings. The minimum atomic E-state index is -3.70. The van der Waals surface area contributed by atoms with Crippen molar-refractivity contribution in [2.45, 2.75) is 50.4 Å². The molecular weight excluding hydrogens is 525 g/mol. The van der Waals surface area contributed by atoms with E-state index in [2.05, 4.69) is 26.3 Å². The van der Waals surface area contributed by atoms with Crippen LogP contribution in [0, 0.1) is 11.7 Å². The standard InChI is InChI=1S/C27H24ClF3N2O3S/c1-15-6-9-33(14-15)25(18-4-3-17(28)11-19(18)29)22-13-32-24(37-22)12-23(34)26(7-8-26)16-2-5-20-21(10-16)36-27(30,31)35-20/h2-5,10-11,13,15,25H,6-9,12,14H2,1H3/t15-,25+/m1/s1. The van der Waals surface area contributed by atoms with Crippen LogP contribution in [0.2, 0.25) is 5.02 Å². The summed E-state index contributed by atoms with van der Waals surface area (Å²) in [6.45, 7) is 3.86. The summed E-state index contributed by atoms with van der Waals surface area (Å²) in [5.74, 6) is 0.00343. The van der Waals surface area contributed by atoms with Gasteiger partial charge in [0.25, 0.3) is 0 Å². The fourth-order valence-corrected chi connectivity index (χ4v) is 6.63. The smallest absolute Gasteiger partial charge is 0.395 e. The van der Waals surface area contributed by atoms with Gasteiger partial charge < -0.3 is 9.47 Å². The zero-order valence-electron chi connectivity index (χ0n) is 20.0. The maximum absolute atomic E-state index is 15.0. The summed E-state index contributed by atoms with van der Waals surface area (Å²) < 4.78 is 50.9. The first-order chi connectivity index (χ1) is 17.6. The van der Waals surface area contributed by atoms with Crippen LogP contribution in [0.3, 0.4) is 0 Å². The SMILES string of the molecule is C[C@@H]1CCN([C@H](c2cnc(CC(=O)C3(c4ccc5c(c4)OC(F)(F)O5)CC3)s2)c2ccc(Cl)cc2F)C1. The largest absolute Gasteiger partial charge is 0.586 e. The Labute approximate surface area is 221 Å². The van der Waals surface area contributed by atoms with Gasteiger partial charge in [0.05, 0.1) is 17.9 Å². The van der Waals surface area contributed by atoms with E-state index in [0.717, 1.165) is 24.4 Å². The molecule has 0 unspecified atom stereocenters. The number of benzene rings is 2. The number of halogens is 4. The minimum Gasteiger partial charge on any atom is -0.395 e. The highest BCUT2D eigenvalue weighted by Gasteiger charge is 2.52. The molecule has 3 aliphatic rings. The Kier molecular flexibility index (Phi) is 6.00. The molecule has 37 heavy (non-hydrogen) atoms. The molecule has 1 aromatic heterocycles. The van der Waals surface area contributed by atoms with Gasteiger partial charge in [0.1, 0.15) is 16.6 Å². The quantitative estimate of drug-likeness (QED) is 0.336. The average molecular weight is 549 g/mol. The summed E-state index contributed by atoms with van der Waals surface area (Å²) >= 11 is 7.41. The fraction of sp³-hybridized carbons (Fsp3) is 0.407. The van der Waals surface area contributed by atoms with Crippen LogP contribution in [0.1, 0.15) is 53.2 Å². The van der Waals surface area contributed by atoms with Gasteiger partial charge in [0.2, 0.25) is 0 Å². The van der Waals surface area contributed by atoms with Gasteiger partial charge in [0, 0.05) is 28.2 Å². The maximum atomic E-state index is 15.0. The first-order valence-electron chi connectivity index (χ1n) is 12.2. The Hall–Kier alpha value is -2.62. The lowest BCUT2D eigenvalue weighted by atomic mass is 9.89. The van der Waals surface area contributed by atoms with E-state index in [1.165, 1.54) is 29.5 Å². The van der Waals surface area contributed by atoms with Crippen LogP contribution in [0.5, 0.6) is 11.5 Å². The lowest BCUT2D eigenvalue weighted by Gasteiger charge is -2.27. The van der Waals surface area contributed by atoms with Crippen LogP contribution < -0.4 is 9.47 Å². The van der Waals surface area contributed by atoms with Crippen molar-refractivity contribution in [3.8, 4) is 11.5 Å². The Balaban J connectivity index is 1.24. The van der Waals surface area contributed by atoms with Gasteiger partial charge in [0.15, 0.2) is 11.5 Å². The average Bonchev–Trinajstić information content (AvgIpc) is 3.16. The van der Waals surface area contributed by atoms with Crippen molar-refractivity contribution in [2.75, 3.05) is 13.1 Å². The number of aromatic nitrogens is 1. The second-order valence-electron chi connectivity index (χ2n) is 10.1. The number of nitrogens with zero attached hydrogens (tertiary/aromatic N) is 2. The van der Waals surface area contributed by atoms with Gasteiger partial charge in [-0.25, -0.2) is 9.37 Å². The van der Waals surface area contributed by atoms with Crippen LogP contribution in [0.15, 0.2) is 42.6 Å². The van der Waals surface area contributed by atoms with Crippen molar-refractivity contribution in [1.29, 1.82) is 0 Å². The number of thiazole rings is 1. The number of carbonyl (C=O) groups is 1. The van der Waals surface area contributed by atoms with Gasteiger partial charge in [-0.1, -0.05) is 30.7 Å². The number of hydrogen-bond acceptors (Lipinski definition) is 6. The summed E-state index contributed by atoms with van der Waals surface area (Å²) in [6, 6.07) is 8.97. The van der Waals surface area contributed by atoms with Crippen LogP contribution in [-0.2, 0) is 16.6 Å². The number of ether oxygens (including phenoxy) is 2. The second-order valence-corrected chi connectivity index (χ2v) is 11.7. The summed E-state index contributed by atoms with van der Waals surface area (Å²) in [4.78, 5) is 21.1. The number of likely N-dealkylation sites (tertiary alicyclic amines) is 1. The maximum Gasteiger partial charge on any atom is 0.586 e. The summed E-state index contributed by atoms with van der Waals surface area (Å²) in [7, 11) is 0. The van der Waals surface area contributed by atoms with Gasteiger partial charge in [-0.3, -0.25) is 9.69 Å².